The Morgan fingerprint density at radius 2 is 1.88 bits per heavy atom. The van der Waals surface area contributed by atoms with Crippen LogP contribution in [0.5, 0.6) is 0 Å². The number of hydrogen-bond donors (Lipinski definition) is 1. The third-order valence-corrected chi connectivity index (χ3v) is 4.14. The van der Waals surface area contributed by atoms with Gasteiger partial charge in [0, 0.05) is 37.7 Å². The van der Waals surface area contributed by atoms with E-state index in [9.17, 15) is 9.59 Å². The molecule has 0 saturated carbocycles. The lowest BCUT2D eigenvalue weighted by Gasteiger charge is -2.28. The van der Waals surface area contributed by atoms with Gasteiger partial charge in [0.05, 0.1) is 19.8 Å². The van der Waals surface area contributed by atoms with E-state index in [2.05, 4.69) is 15.2 Å². The quantitative estimate of drug-likeness (QED) is 0.883. The van der Waals surface area contributed by atoms with Crippen LogP contribution < -0.4 is 10.2 Å². The van der Waals surface area contributed by atoms with Crippen molar-refractivity contribution < 1.29 is 14.3 Å². The maximum absolute atomic E-state index is 12.2. The van der Waals surface area contributed by atoms with E-state index in [1.54, 1.807) is 31.4 Å². The van der Waals surface area contributed by atoms with Crippen LogP contribution in [0.4, 0.5) is 11.4 Å². The van der Waals surface area contributed by atoms with Crippen molar-refractivity contribution in [2.24, 2.45) is 0 Å². The number of amides is 2. The Balaban J connectivity index is 1.53. The predicted octanol–water partition coefficient (Wildman–Crippen LogP) is 1.63. The van der Waals surface area contributed by atoms with Crippen LogP contribution in [0, 0.1) is 0 Å². The number of hydrogen-bond acceptors (Lipinski definition) is 5. The molecule has 2 aromatic rings. The number of aromatic nitrogens is 1. The van der Waals surface area contributed by atoms with Gasteiger partial charge >= 0.3 is 0 Å². The number of benzene rings is 1. The van der Waals surface area contributed by atoms with E-state index in [1.165, 1.54) is 4.90 Å². The molecule has 0 bridgehead atoms. The van der Waals surface area contributed by atoms with Crippen molar-refractivity contribution >= 4 is 23.2 Å². The van der Waals surface area contributed by atoms with Crippen molar-refractivity contribution in [3.05, 3.63) is 54.4 Å². The molecule has 3 rings (SSSR count). The van der Waals surface area contributed by atoms with Crippen LogP contribution in [-0.2, 0) is 9.53 Å². The molecule has 0 radical (unpaired) electrons. The molecule has 1 saturated heterocycles. The highest BCUT2D eigenvalue weighted by atomic mass is 16.5. The second-order valence-corrected chi connectivity index (χ2v) is 6.07. The Bertz CT molecular complexity index is 743. The molecule has 0 atom stereocenters. The van der Waals surface area contributed by atoms with Crippen LogP contribution in [0.3, 0.4) is 0 Å². The van der Waals surface area contributed by atoms with Gasteiger partial charge < -0.3 is 19.9 Å². The molecule has 2 heterocycles. The minimum Gasteiger partial charge on any atom is -0.378 e. The summed E-state index contributed by atoms with van der Waals surface area (Å²) in [5.41, 5.74) is 2.12. The summed E-state index contributed by atoms with van der Waals surface area (Å²) in [5.74, 6) is -0.542. The standard InChI is InChI=1S/C19H22N4O3/c1-22(19(25)17-4-2-3-9-20-17)14-18(24)21-15-5-7-16(8-6-15)23-10-12-26-13-11-23/h2-9H,10-14H2,1H3,(H,21,24). The second-order valence-electron chi connectivity index (χ2n) is 6.07. The smallest absolute Gasteiger partial charge is 0.272 e. The van der Waals surface area contributed by atoms with E-state index in [0.717, 1.165) is 32.0 Å². The Labute approximate surface area is 152 Å². The number of carbonyl (C=O) groups is 2. The van der Waals surface area contributed by atoms with Gasteiger partial charge in [0.1, 0.15) is 5.69 Å². The second kappa shape index (κ2) is 8.44. The first kappa shape index (κ1) is 17.9. The van der Waals surface area contributed by atoms with Crippen LogP contribution in [0.15, 0.2) is 48.7 Å². The summed E-state index contributed by atoms with van der Waals surface area (Å²) in [6, 6.07) is 12.8. The summed E-state index contributed by atoms with van der Waals surface area (Å²) in [5, 5.41) is 2.81. The molecule has 1 aromatic carbocycles. The highest BCUT2D eigenvalue weighted by molar-refractivity contribution is 5.98. The summed E-state index contributed by atoms with van der Waals surface area (Å²) in [6.45, 7) is 3.16. The molecule has 0 aliphatic carbocycles. The maximum atomic E-state index is 12.2. The number of ether oxygens (including phenoxy) is 1. The molecule has 1 aromatic heterocycles. The van der Waals surface area contributed by atoms with Gasteiger partial charge in [-0.2, -0.15) is 0 Å². The highest BCUT2D eigenvalue weighted by Gasteiger charge is 2.16. The average Bonchev–Trinajstić information content (AvgIpc) is 2.69. The number of rotatable bonds is 5. The lowest BCUT2D eigenvalue weighted by atomic mass is 10.2. The van der Waals surface area contributed by atoms with Crippen LogP contribution in [0.25, 0.3) is 0 Å². The van der Waals surface area contributed by atoms with E-state index in [1.807, 2.05) is 24.3 Å². The minimum atomic E-state index is -0.289. The Morgan fingerprint density at radius 1 is 1.15 bits per heavy atom. The van der Waals surface area contributed by atoms with E-state index < -0.39 is 0 Å². The van der Waals surface area contributed by atoms with Crippen molar-refractivity contribution in [1.29, 1.82) is 0 Å². The molecular formula is C19H22N4O3. The minimum absolute atomic E-state index is 0.0410. The number of nitrogens with zero attached hydrogens (tertiary/aromatic N) is 3. The van der Waals surface area contributed by atoms with Gasteiger partial charge in [-0.1, -0.05) is 6.07 Å². The zero-order valence-electron chi connectivity index (χ0n) is 14.7. The fourth-order valence-electron chi connectivity index (χ4n) is 2.75. The first-order valence-corrected chi connectivity index (χ1v) is 8.52. The normalized spacial score (nSPS) is 14.0. The van der Waals surface area contributed by atoms with Crippen LogP contribution in [0.2, 0.25) is 0 Å². The monoisotopic (exact) mass is 354 g/mol. The van der Waals surface area contributed by atoms with Gasteiger partial charge in [-0.05, 0) is 36.4 Å². The number of anilines is 2. The van der Waals surface area contributed by atoms with E-state index in [4.69, 9.17) is 4.74 Å². The SMILES string of the molecule is CN(CC(=O)Nc1ccc(N2CCOCC2)cc1)C(=O)c1ccccn1. The zero-order valence-corrected chi connectivity index (χ0v) is 14.7. The molecule has 1 fully saturated rings. The van der Waals surface area contributed by atoms with E-state index >= 15 is 0 Å². The average molecular weight is 354 g/mol. The van der Waals surface area contributed by atoms with Gasteiger partial charge in [0.2, 0.25) is 5.91 Å². The zero-order chi connectivity index (χ0) is 18.4. The lowest BCUT2D eigenvalue weighted by Crippen LogP contribution is -2.36. The molecule has 1 aliphatic heterocycles. The summed E-state index contributed by atoms with van der Waals surface area (Å²) in [6.07, 6.45) is 1.55. The Morgan fingerprint density at radius 3 is 2.54 bits per heavy atom. The fourth-order valence-corrected chi connectivity index (χ4v) is 2.75. The van der Waals surface area contributed by atoms with E-state index in [0.29, 0.717) is 11.4 Å². The molecule has 136 valence electrons. The molecular weight excluding hydrogens is 332 g/mol. The molecule has 7 nitrogen and oxygen atoms in total. The predicted molar refractivity (Wildman–Crippen MR) is 99.3 cm³/mol. The van der Waals surface area contributed by atoms with Crippen molar-refractivity contribution in [1.82, 2.24) is 9.88 Å². The highest BCUT2D eigenvalue weighted by Crippen LogP contribution is 2.19. The molecule has 0 spiro atoms. The van der Waals surface area contributed by atoms with Gasteiger partial charge in [0.25, 0.3) is 5.91 Å². The lowest BCUT2D eigenvalue weighted by molar-refractivity contribution is -0.116. The van der Waals surface area contributed by atoms with Crippen LogP contribution in [-0.4, -0.2) is 61.6 Å². The number of carbonyl (C=O) groups excluding carboxylic acids is 2. The van der Waals surface area contributed by atoms with Crippen molar-refractivity contribution in [3.63, 3.8) is 0 Å². The molecule has 7 heteroatoms. The van der Waals surface area contributed by atoms with Crippen LogP contribution in [0.1, 0.15) is 10.5 Å². The van der Waals surface area contributed by atoms with Crippen molar-refractivity contribution in [3.8, 4) is 0 Å². The first-order chi connectivity index (χ1) is 12.6. The topological polar surface area (TPSA) is 74.8 Å². The Hall–Kier alpha value is -2.93. The number of morpholine rings is 1. The maximum Gasteiger partial charge on any atom is 0.272 e. The number of nitrogens with one attached hydrogen (secondary N) is 1. The molecule has 0 unspecified atom stereocenters. The summed E-state index contributed by atoms with van der Waals surface area (Å²) >= 11 is 0. The van der Waals surface area contributed by atoms with Gasteiger partial charge in [-0.25, -0.2) is 0 Å². The van der Waals surface area contributed by atoms with Gasteiger partial charge in [0.15, 0.2) is 0 Å². The van der Waals surface area contributed by atoms with Crippen molar-refractivity contribution in [2.75, 3.05) is 50.1 Å². The summed E-state index contributed by atoms with van der Waals surface area (Å²) in [7, 11) is 1.58. The third kappa shape index (κ3) is 4.58. The van der Waals surface area contributed by atoms with Crippen molar-refractivity contribution in [2.45, 2.75) is 0 Å². The molecule has 26 heavy (non-hydrogen) atoms. The third-order valence-electron chi connectivity index (χ3n) is 4.14. The number of pyridine rings is 1. The fraction of sp³-hybridized carbons (Fsp3) is 0.316. The molecule has 1 aliphatic rings. The molecule has 1 N–H and O–H groups in total. The Kier molecular flexibility index (Phi) is 5.80. The van der Waals surface area contributed by atoms with E-state index in [-0.39, 0.29) is 18.4 Å². The summed E-state index contributed by atoms with van der Waals surface area (Å²) in [4.78, 5) is 32.0. The van der Waals surface area contributed by atoms with Crippen LogP contribution >= 0.6 is 0 Å². The van der Waals surface area contributed by atoms with Gasteiger partial charge in [-0.15, -0.1) is 0 Å². The first-order valence-electron chi connectivity index (χ1n) is 8.52. The summed E-state index contributed by atoms with van der Waals surface area (Å²) < 4.78 is 5.35. The number of likely N-dealkylation sites (N-methyl/N-ethyl adjacent to an activating group) is 1. The molecule has 2 amide bonds. The van der Waals surface area contributed by atoms with Gasteiger partial charge in [-0.3, -0.25) is 14.6 Å². The largest absolute Gasteiger partial charge is 0.378 e.